The zero-order chi connectivity index (χ0) is 16.8. The van der Waals surface area contributed by atoms with Crippen LogP contribution in [0, 0.1) is 11.7 Å². The summed E-state index contributed by atoms with van der Waals surface area (Å²) in [6, 6.07) is 7.33. The van der Waals surface area contributed by atoms with E-state index in [1.54, 1.807) is 6.07 Å². The number of anilines is 1. The first-order chi connectivity index (χ1) is 11.8. The van der Waals surface area contributed by atoms with Crippen LogP contribution < -0.4 is 4.90 Å². The molecule has 0 saturated carbocycles. The lowest BCUT2D eigenvalue weighted by Crippen LogP contribution is -2.41. The number of nitrogens with zero attached hydrogens (tertiary/aromatic N) is 2. The van der Waals surface area contributed by atoms with Gasteiger partial charge in [-0.15, -0.1) is 0 Å². The highest BCUT2D eigenvalue weighted by atomic mass is 19.1. The fourth-order valence-corrected chi connectivity index (χ4v) is 3.90. The van der Waals surface area contributed by atoms with Gasteiger partial charge in [-0.1, -0.05) is 12.1 Å². The van der Waals surface area contributed by atoms with Gasteiger partial charge in [-0.05, 0) is 50.2 Å². The lowest BCUT2D eigenvalue weighted by molar-refractivity contribution is -0.122. The average molecular weight is 334 g/mol. The number of carbonyl (C=O) groups excluding carboxylic acids is 1. The summed E-state index contributed by atoms with van der Waals surface area (Å²) in [5.41, 5.74) is 0.707. The summed E-state index contributed by atoms with van der Waals surface area (Å²) in [5.74, 6) is 0.371. The van der Waals surface area contributed by atoms with Crippen molar-refractivity contribution >= 4 is 12.1 Å². The van der Waals surface area contributed by atoms with Crippen LogP contribution in [0.5, 0.6) is 0 Å². The Balaban J connectivity index is 1.53. The Labute approximate surface area is 143 Å². The van der Waals surface area contributed by atoms with Crippen LogP contribution in [0.1, 0.15) is 32.1 Å². The maximum atomic E-state index is 14.0. The summed E-state index contributed by atoms with van der Waals surface area (Å²) < 4.78 is 19.4. The van der Waals surface area contributed by atoms with E-state index in [1.807, 2.05) is 17.0 Å². The van der Waals surface area contributed by atoms with Crippen molar-refractivity contribution in [2.24, 2.45) is 5.92 Å². The number of carbonyl (C=O) groups is 1. The Bertz CT molecular complexity index is 534. The second kappa shape index (κ2) is 8.47. The Kier molecular flexibility index (Phi) is 6.07. The van der Waals surface area contributed by atoms with Crippen molar-refractivity contribution in [1.29, 1.82) is 0 Å². The summed E-state index contributed by atoms with van der Waals surface area (Å²) >= 11 is 0. The van der Waals surface area contributed by atoms with Crippen molar-refractivity contribution in [2.45, 2.75) is 38.1 Å². The van der Waals surface area contributed by atoms with Gasteiger partial charge in [0.15, 0.2) is 0 Å². The van der Waals surface area contributed by atoms with Crippen LogP contribution in [0.4, 0.5) is 10.1 Å². The van der Waals surface area contributed by atoms with Crippen molar-refractivity contribution in [1.82, 2.24) is 4.90 Å². The molecule has 24 heavy (non-hydrogen) atoms. The van der Waals surface area contributed by atoms with Gasteiger partial charge < -0.3 is 14.5 Å². The van der Waals surface area contributed by atoms with Gasteiger partial charge in [0.1, 0.15) is 5.82 Å². The summed E-state index contributed by atoms with van der Waals surface area (Å²) in [4.78, 5) is 15.5. The van der Waals surface area contributed by atoms with Crippen LogP contribution in [0.25, 0.3) is 0 Å². The van der Waals surface area contributed by atoms with E-state index >= 15 is 0 Å². The van der Waals surface area contributed by atoms with Gasteiger partial charge in [0.25, 0.3) is 0 Å². The normalized spacial score (nSPS) is 22.4. The number of benzene rings is 1. The minimum atomic E-state index is -0.144. The topological polar surface area (TPSA) is 32.8 Å². The van der Waals surface area contributed by atoms with E-state index in [0.29, 0.717) is 17.6 Å². The van der Waals surface area contributed by atoms with Gasteiger partial charge in [0, 0.05) is 38.9 Å². The number of para-hydroxylation sites is 1. The number of halogens is 1. The molecule has 132 valence electrons. The minimum absolute atomic E-state index is 0.144. The first-order valence-electron chi connectivity index (χ1n) is 9.06. The third kappa shape index (κ3) is 4.26. The molecule has 2 heterocycles. The lowest BCUT2D eigenvalue weighted by atomic mass is 9.93. The second-order valence-electron chi connectivity index (χ2n) is 6.88. The quantitative estimate of drug-likeness (QED) is 0.750. The fourth-order valence-electron chi connectivity index (χ4n) is 3.90. The highest BCUT2D eigenvalue weighted by Gasteiger charge is 2.24. The molecule has 0 radical (unpaired) electrons. The van der Waals surface area contributed by atoms with Gasteiger partial charge in [0.05, 0.1) is 5.69 Å². The Morgan fingerprint density at radius 1 is 1.25 bits per heavy atom. The van der Waals surface area contributed by atoms with Gasteiger partial charge in [-0.3, -0.25) is 4.79 Å². The minimum Gasteiger partial charge on any atom is -0.381 e. The van der Waals surface area contributed by atoms with E-state index in [1.165, 1.54) is 6.07 Å². The summed E-state index contributed by atoms with van der Waals surface area (Å²) in [7, 11) is 0. The standard InChI is InChI=1S/C19H27FN2O2/c20-18-5-1-2-6-19(18)21-10-3-4-16(14-21)7-11-22(15-23)17-8-12-24-13-9-17/h1-2,5-6,15-17H,3-4,7-14H2. The molecule has 2 saturated heterocycles. The average Bonchev–Trinajstić information content (AvgIpc) is 2.64. The van der Waals surface area contributed by atoms with E-state index < -0.39 is 0 Å². The molecule has 4 nitrogen and oxygen atoms in total. The SMILES string of the molecule is O=CN(CCC1CCCN(c2ccccc2F)C1)C1CCOCC1. The third-order valence-corrected chi connectivity index (χ3v) is 5.30. The lowest BCUT2D eigenvalue weighted by Gasteiger charge is -2.36. The zero-order valence-corrected chi connectivity index (χ0v) is 14.2. The van der Waals surface area contributed by atoms with Crippen LogP contribution in [0.2, 0.25) is 0 Å². The van der Waals surface area contributed by atoms with Gasteiger partial charge in [-0.2, -0.15) is 0 Å². The van der Waals surface area contributed by atoms with Gasteiger partial charge in [-0.25, -0.2) is 4.39 Å². The number of hydrogen-bond acceptors (Lipinski definition) is 3. The van der Waals surface area contributed by atoms with Crippen molar-refractivity contribution in [3.8, 4) is 0 Å². The molecule has 0 bridgehead atoms. The maximum Gasteiger partial charge on any atom is 0.209 e. The molecule has 1 aromatic carbocycles. The maximum absolute atomic E-state index is 14.0. The number of amides is 1. The molecule has 2 aliphatic rings. The molecule has 2 aliphatic heterocycles. The Morgan fingerprint density at radius 2 is 2.04 bits per heavy atom. The monoisotopic (exact) mass is 334 g/mol. The molecule has 0 N–H and O–H groups in total. The smallest absolute Gasteiger partial charge is 0.209 e. The molecule has 1 unspecified atom stereocenters. The van der Waals surface area contributed by atoms with E-state index in [0.717, 1.165) is 71.4 Å². The Morgan fingerprint density at radius 3 is 2.79 bits per heavy atom. The van der Waals surface area contributed by atoms with Crippen molar-refractivity contribution in [3.05, 3.63) is 30.1 Å². The predicted octanol–water partition coefficient (Wildman–Crippen LogP) is 3.07. The number of hydrogen-bond donors (Lipinski definition) is 0. The molecule has 0 aliphatic carbocycles. The summed E-state index contributed by atoms with van der Waals surface area (Å²) in [5, 5.41) is 0. The number of rotatable bonds is 6. The van der Waals surface area contributed by atoms with E-state index in [2.05, 4.69) is 4.90 Å². The molecular weight excluding hydrogens is 307 g/mol. The van der Waals surface area contributed by atoms with E-state index in [9.17, 15) is 9.18 Å². The summed E-state index contributed by atoms with van der Waals surface area (Å²) in [6.45, 7) is 4.08. The number of piperidine rings is 1. The molecule has 3 rings (SSSR count). The Hall–Kier alpha value is -1.62. The fraction of sp³-hybridized carbons (Fsp3) is 0.632. The van der Waals surface area contributed by atoms with E-state index in [-0.39, 0.29) is 5.82 Å². The molecule has 5 heteroatoms. The molecule has 1 amide bonds. The van der Waals surface area contributed by atoms with Crippen LogP contribution in [0.15, 0.2) is 24.3 Å². The van der Waals surface area contributed by atoms with E-state index in [4.69, 9.17) is 4.74 Å². The first-order valence-corrected chi connectivity index (χ1v) is 9.06. The van der Waals surface area contributed by atoms with Crippen LogP contribution in [0.3, 0.4) is 0 Å². The molecule has 2 fully saturated rings. The first kappa shape index (κ1) is 17.2. The second-order valence-corrected chi connectivity index (χ2v) is 6.88. The van der Waals surface area contributed by atoms with Crippen molar-refractivity contribution in [3.63, 3.8) is 0 Å². The third-order valence-electron chi connectivity index (χ3n) is 5.30. The molecular formula is C19H27FN2O2. The van der Waals surface area contributed by atoms with Crippen molar-refractivity contribution in [2.75, 3.05) is 37.7 Å². The van der Waals surface area contributed by atoms with Crippen molar-refractivity contribution < 1.29 is 13.9 Å². The van der Waals surface area contributed by atoms with Crippen LogP contribution in [-0.4, -0.2) is 50.2 Å². The zero-order valence-electron chi connectivity index (χ0n) is 14.2. The predicted molar refractivity (Wildman–Crippen MR) is 92.6 cm³/mol. The molecule has 0 aromatic heterocycles. The highest BCUT2D eigenvalue weighted by Crippen LogP contribution is 2.27. The van der Waals surface area contributed by atoms with Gasteiger partial charge >= 0.3 is 0 Å². The number of ether oxygens (including phenoxy) is 1. The summed E-state index contributed by atoms with van der Waals surface area (Å²) in [6.07, 6.45) is 6.09. The highest BCUT2D eigenvalue weighted by molar-refractivity contribution is 5.48. The van der Waals surface area contributed by atoms with Crippen LogP contribution >= 0.6 is 0 Å². The van der Waals surface area contributed by atoms with Crippen LogP contribution in [-0.2, 0) is 9.53 Å². The van der Waals surface area contributed by atoms with Gasteiger partial charge in [0.2, 0.25) is 6.41 Å². The molecule has 1 atom stereocenters. The molecule has 0 spiro atoms. The largest absolute Gasteiger partial charge is 0.381 e. The molecule has 1 aromatic rings.